The van der Waals surface area contributed by atoms with Crippen molar-refractivity contribution in [3.05, 3.63) is 0 Å². The molecular formula is C14H29NO. The quantitative estimate of drug-likeness (QED) is 0.773. The van der Waals surface area contributed by atoms with Gasteiger partial charge in [-0.15, -0.1) is 0 Å². The molecule has 0 heterocycles. The van der Waals surface area contributed by atoms with E-state index in [9.17, 15) is 5.11 Å². The van der Waals surface area contributed by atoms with E-state index in [1.165, 1.54) is 32.1 Å². The normalized spacial score (nSPS) is 28.1. The van der Waals surface area contributed by atoms with E-state index >= 15 is 0 Å². The van der Waals surface area contributed by atoms with Gasteiger partial charge in [-0.1, -0.05) is 26.2 Å². The van der Waals surface area contributed by atoms with E-state index in [4.69, 9.17) is 0 Å². The van der Waals surface area contributed by atoms with Crippen molar-refractivity contribution >= 4 is 0 Å². The summed E-state index contributed by atoms with van der Waals surface area (Å²) in [5, 5.41) is 13.8. The topological polar surface area (TPSA) is 32.3 Å². The van der Waals surface area contributed by atoms with Gasteiger partial charge in [0, 0.05) is 11.6 Å². The van der Waals surface area contributed by atoms with Crippen LogP contribution in [0.1, 0.15) is 66.7 Å². The SMILES string of the molecule is CCC1CCCC(NC(C)(C)C(C)(C)O)C1. The number of hydrogen-bond donors (Lipinski definition) is 2. The molecule has 0 saturated heterocycles. The smallest absolute Gasteiger partial charge is 0.0767 e. The molecule has 0 aliphatic heterocycles. The second-order valence-corrected chi connectivity index (χ2v) is 6.47. The predicted octanol–water partition coefficient (Wildman–Crippen LogP) is 3.09. The molecule has 1 aliphatic carbocycles. The molecule has 1 fully saturated rings. The molecule has 0 aromatic heterocycles. The Kier molecular flexibility index (Phi) is 4.42. The Morgan fingerprint density at radius 2 is 1.81 bits per heavy atom. The van der Waals surface area contributed by atoms with Crippen molar-refractivity contribution in [2.45, 2.75) is 83.9 Å². The first-order valence-corrected chi connectivity index (χ1v) is 6.76. The van der Waals surface area contributed by atoms with Gasteiger partial charge in [0.2, 0.25) is 0 Å². The molecular weight excluding hydrogens is 198 g/mol. The summed E-state index contributed by atoms with van der Waals surface area (Å²) in [6, 6.07) is 0.583. The van der Waals surface area contributed by atoms with Crippen molar-refractivity contribution in [1.82, 2.24) is 5.32 Å². The highest BCUT2D eigenvalue weighted by atomic mass is 16.3. The molecule has 1 aliphatic rings. The number of aliphatic hydroxyl groups is 1. The lowest BCUT2D eigenvalue weighted by molar-refractivity contribution is -0.0136. The predicted molar refractivity (Wildman–Crippen MR) is 69.5 cm³/mol. The molecule has 0 bridgehead atoms. The second-order valence-electron chi connectivity index (χ2n) is 6.47. The van der Waals surface area contributed by atoms with E-state index in [2.05, 4.69) is 26.1 Å². The number of nitrogens with one attached hydrogen (secondary N) is 1. The molecule has 2 unspecified atom stereocenters. The molecule has 1 rings (SSSR count). The van der Waals surface area contributed by atoms with E-state index < -0.39 is 5.60 Å². The molecule has 0 aromatic carbocycles. The summed E-state index contributed by atoms with van der Waals surface area (Å²) >= 11 is 0. The van der Waals surface area contributed by atoms with Crippen LogP contribution >= 0.6 is 0 Å². The summed E-state index contributed by atoms with van der Waals surface area (Å²) in [5.41, 5.74) is -0.889. The van der Waals surface area contributed by atoms with Crippen molar-refractivity contribution in [3.8, 4) is 0 Å². The van der Waals surface area contributed by atoms with Crippen LogP contribution in [-0.2, 0) is 0 Å². The van der Waals surface area contributed by atoms with Crippen LogP contribution in [0, 0.1) is 5.92 Å². The highest BCUT2D eigenvalue weighted by Gasteiger charge is 2.37. The maximum atomic E-state index is 10.1. The summed E-state index contributed by atoms with van der Waals surface area (Å²) in [6.45, 7) is 10.3. The summed E-state index contributed by atoms with van der Waals surface area (Å²) in [5.74, 6) is 0.879. The van der Waals surface area contributed by atoms with Crippen LogP contribution in [0.25, 0.3) is 0 Å². The molecule has 16 heavy (non-hydrogen) atoms. The molecule has 2 nitrogen and oxygen atoms in total. The average Bonchev–Trinajstić information content (AvgIpc) is 2.15. The van der Waals surface area contributed by atoms with Crippen molar-refractivity contribution < 1.29 is 5.11 Å². The first kappa shape index (κ1) is 14.0. The lowest BCUT2D eigenvalue weighted by Crippen LogP contribution is -2.59. The standard InChI is InChI=1S/C14H29NO/c1-6-11-8-7-9-12(10-11)15-13(2,3)14(4,5)16/h11-12,15-16H,6-10H2,1-5H3. The molecule has 0 amide bonds. The Morgan fingerprint density at radius 3 is 2.31 bits per heavy atom. The van der Waals surface area contributed by atoms with Crippen LogP contribution in [0.15, 0.2) is 0 Å². The van der Waals surface area contributed by atoms with Gasteiger partial charge in [-0.05, 0) is 46.5 Å². The van der Waals surface area contributed by atoms with Gasteiger partial charge in [0.15, 0.2) is 0 Å². The van der Waals surface area contributed by atoms with Gasteiger partial charge in [0.25, 0.3) is 0 Å². The Balaban J connectivity index is 2.53. The highest BCUT2D eigenvalue weighted by Crippen LogP contribution is 2.30. The lowest BCUT2D eigenvalue weighted by Gasteiger charge is -2.43. The Morgan fingerprint density at radius 1 is 1.19 bits per heavy atom. The minimum absolute atomic E-state index is 0.215. The zero-order chi connectivity index (χ0) is 12.4. The summed E-state index contributed by atoms with van der Waals surface area (Å²) in [7, 11) is 0. The zero-order valence-corrected chi connectivity index (χ0v) is 11.6. The maximum absolute atomic E-state index is 10.1. The maximum Gasteiger partial charge on any atom is 0.0767 e. The van der Waals surface area contributed by atoms with Gasteiger partial charge in [-0.2, -0.15) is 0 Å². The first-order chi connectivity index (χ1) is 7.26. The van der Waals surface area contributed by atoms with E-state index in [1.807, 2.05) is 13.8 Å². The minimum Gasteiger partial charge on any atom is -0.389 e. The van der Waals surface area contributed by atoms with E-state index in [-0.39, 0.29) is 5.54 Å². The van der Waals surface area contributed by atoms with Crippen LogP contribution in [0.4, 0.5) is 0 Å². The molecule has 96 valence electrons. The fourth-order valence-electron chi connectivity index (χ4n) is 2.48. The van der Waals surface area contributed by atoms with Crippen LogP contribution in [0.2, 0.25) is 0 Å². The van der Waals surface area contributed by atoms with Gasteiger partial charge >= 0.3 is 0 Å². The fraction of sp³-hybridized carbons (Fsp3) is 1.00. The summed E-state index contributed by atoms with van der Waals surface area (Å²) < 4.78 is 0. The fourth-order valence-corrected chi connectivity index (χ4v) is 2.48. The lowest BCUT2D eigenvalue weighted by atomic mass is 9.80. The zero-order valence-electron chi connectivity index (χ0n) is 11.6. The van der Waals surface area contributed by atoms with Crippen LogP contribution < -0.4 is 5.32 Å². The average molecular weight is 227 g/mol. The largest absolute Gasteiger partial charge is 0.389 e. The molecule has 0 spiro atoms. The van der Waals surface area contributed by atoms with Gasteiger partial charge in [-0.3, -0.25) is 0 Å². The van der Waals surface area contributed by atoms with Crippen LogP contribution in [0.3, 0.4) is 0 Å². The van der Waals surface area contributed by atoms with Crippen LogP contribution in [0.5, 0.6) is 0 Å². The Hall–Kier alpha value is -0.0800. The molecule has 1 saturated carbocycles. The highest BCUT2D eigenvalue weighted by molar-refractivity contribution is 4.96. The molecule has 0 aromatic rings. The van der Waals surface area contributed by atoms with Gasteiger partial charge in [0.05, 0.1) is 5.60 Å². The summed E-state index contributed by atoms with van der Waals surface area (Å²) in [6.07, 6.45) is 6.54. The third-order valence-corrected chi connectivity index (χ3v) is 4.45. The van der Waals surface area contributed by atoms with Crippen LogP contribution in [-0.4, -0.2) is 22.3 Å². The van der Waals surface area contributed by atoms with Gasteiger partial charge in [-0.25, -0.2) is 0 Å². The molecule has 2 heteroatoms. The van der Waals surface area contributed by atoms with E-state index in [1.54, 1.807) is 0 Å². The molecule has 2 N–H and O–H groups in total. The van der Waals surface area contributed by atoms with E-state index in [0.29, 0.717) is 6.04 Å². The second kappa shape index (κ2) is 5.05. The van der Waals surface area contributed by atoms with Gasteiger partial charge in [0.1, 0.15) is 0 Å². The third kappa shape index (κ3) is 3.46. The minimum atomic E-state index is -0.674. The Bertz CT molecular complexity index is 217. The molecule has 0 radical (unpaired) electrons. The van der Waals surface area contributed by atoms with Crippen molar-refractivity contribution in [3.63, 3.8) is 0 Å². The van der Waals surface area contributed by atoms with Gasteiger partial charge < -0.3 is 10.4 Å². The third-order valence-electron chi connectivity index (χ3n) is 4.45. The van der Waals surface area contributed by atoms with Crippen molar-refractivity contribution in [1.29, 1.82) is 0 Å². The van der Waals surface area contributed by atoms with E-state index in [0.717, 1.165) is 5.92 Å². The number of rotatable bonds is 4. The van der Waals surface area contributed by atoms with Crippen molar-refractivity contribution in [2.24, 2.45) is 5.92 Å². The van der Waals surface area contributed by atoms with Crippen molar-refractivity contribution in [2.75, 3.05) is 0 Å². The summed E-state index contributed by atoms with van der Waals surface area (Å²) in [4.78, 5) is 0. The molecule has 2 atom stereocenters. The monoisotopic (exact) mass is 227 g/mol. The first-order valence-electron chi connectivity index (χ1n) is 6.76. The number of hydrogen-bond acceptors (Lipinski definition) is 2. The Labute approximate surface area is 101 Å².